The molecule has 0 saturated heterocycles. The molecule has 0 amide bonds. The van der Waals surface area contributed by atoms with Crippen molar-refractivity contribution in [2.45, 2.75) is 5.41 Å². The monoisotopic (exact) mass is 574 g/mol. The topological polar surface area (TPSA) is 22.4 Å². The van der Waals surface area contributed by atoms with Crippen LogP contribution in [-0.4, -0.2) is 0 Å². The number of rotatable bonds is 2. The van der Waals surface area contributed by atoms with Gasteiger partial charge < -0.3 is 9.15 Å². The molecule has 0 fully saturated rings. The summed E-state index contributed by atoms with van der Waals surface area (Å²) in [6, 6.07) is 56.4. The standard InChI is InChI=1S/C43H26O2/c1-4-15-35-31(10-1)32-11-2-5-16-36(32)43(35)37-17-6-8-19-40(37)44-41-26-29(24-25-38(41)43)27-20-22-28(23-21-27)30-13-9-14-34-33-12-3-7-18-39(33)45-42(30)34/h1-26H. The van der Waals surface area contributed by atoms with Gasteiger partial charge in [-0.1, -0.05) is 140 Å². The Labute approximate surface area is 260 Å². The molecule has 0 bridgehead atoms. The van der Waals surface area contributed by atoms with Gasteiger partial charge in [0.2, 0.25) is 0 Å². The Bertz CT molecular complexity index is 2420. The van der Waals surface area contributed by atoms with Gasteiger partial charge in [-0.3, -0.25) is 0 Å². The van der Waals surface area contributed by atoms with Crippen molar-refractivity contribution >= 4 is 21.9 Å². The third-order valence-electron chi connectivity index (χ3n) is 9.78. The van der Waals surface area contributed by atoms with Crippen molar-refractivity contribution in [3.8, 4) is 44.9 Å². The molecule has 1 aromatic heterocycles. The second-order valence-corrected chi connectivity index (χ2v) is 12.0. The van der Waals surface area contributed by atoms with Crippen LogP contribution in [0.3, 0.4) is 0 Å². The van der Waals surface area contributed by atoms with Gasteiger partial charge in [-0.2, -0.15) is 0 Å². The van der Waals surface area contributed by atoms with Gasteiger partial charge >= 0.3 is 0 Å². The smallest absolute Gasteiger partial charge is 0.143 e. The molecular formula is C43H26O2. The number of furan rings is 1. The molecule has 1 aliphatic carbocycles. The molecule has 2 aliphatic rings. The summed E-state index contributed by atoms with van der Waals surface area (Å²) < 4.78 is 13.0. The van der Waals surface area contributed by atoms with Gasteiger partial charge in [-0.25, -0.2) is 0 Å². The molecule has 1 spiro atoms. The van der Waals surface area contributed by atoms with E-state index in [1.54, 1.807) is 0 Å². The van der Waals surface area contributed by atoms with Crippen LogP contribution in [0.1, 0.15) is 22.3 Å². The maximum atomic E-state index is 6.71. The van der Waals surface area contributed by atoms with Crippen molar-refractivity contribution in [1.82, 2.24) is 0 Å². The Morgan fingerprint density at radius 1 is 0.378 bits per heavy atom. The van der Waals surface area contributed by atoms with E-state index in [9.17, 15) is 0 Å². The van der Waals surface area contributed by atoms with E-state index in [2.05, 4.69) is 146 Å². The molecule has 0 N–H and O–H groups in total. The lowest BCUT2D eigenvalue weighted by molar-refractivity contribution is 0.436. The van der Waals surface area contributed by atoms with Crippen molar-refractivity contribution in [2.24, 2.45) is 0 Å². The fraction of sp³-hybridized carbons (Fsp3) is 0.0233. The maximum Gasteiger partial charge on any atom is 0.143 e. The molecule has 0 saturated carbocycles. The van der Waals surface area contributed by atoms with Gasteiger partial charge in [0, 0.05) is 27.5 Å². The molecule has 0 unspecified atom stereocenters. The second kappa shape index (κ2) is 9.07. The van der Waals surface area contributed by atoms with Gasteiger partial charge in [-0.15, -0.1) is 0 Å². The maximum absolute atomic E-state index is 6.71. The third-order valence-corrected chi connectivity index (χ3v) is 9.78. The number of hydrogen-bond acceptors (Lipinski definition) is 2. The molecule has 2 heterocycles. The summed E-state index contributed by atoms with van der Waals surface area (Å²) in [6.07, 6.45) is 0. The molecule has 0 atom stereocenters. The number of hydrogen-bond donors (Lipinski definition) is 0. The zero-order chi connectivity index (χ0) is 29.5. The van der Waals surface area contributed by atoms with Crippen molar-refractivity contribution in [3.63, 3.8) is 0 Å². The van der Waals surface area contributed by atoms with Crippen LogP contribution < -0.4 is 4.74 Å². The number of ether oxygens (including phenoxy) is 1. The minimum Gasteiger partial charge on any atom is -0.457 e. The average Bonchev–Trinajstić information content (AvgIpc) is 3.63. The average molecular weight is 575 g/mol. The number of benzene rings is 7. The fourth-order valence-electron chi connectivity index (χ4n) is 7.86. The summed E-state index contributed by atoms with van der Waals surface area (Å²) in [7, 11) is 0. The van der Waals surface area contributed by atoms with Crippen LogP contribution in [0.5, 0.6) is 11.5 Å². The van der Waals surface area contributed by atoms with E-state index < -0.39 is 5.41 Å². The number of para-hydroxylation sites is 3. The van der Waals surface area contributed by atoms with Crippen LogP contribution >= 0.6 is 0 Å². The first kappa shape index (κ1) is 24.6. The summed E-state index contributed by atoms with van der Waals surface area (Å²) in [5, 5.41) is 2.29. The largest absolute Gasteiger partial charge is 0.457 e. The quantitative estimate of drug-likeness (QED) is 0.205. The van der Waals surface area contributed by atoms with Crippen LogP contribution in [0.2, 0.25) is 0 Å². The van der Waals surface area contributed by atoms with E-state index in [0.29, 0.717) is 0 Å². The Morgan fingerprint density at radius 3 is 1.76 bits per heavy atom. The molecule has 0 radical (unpaired) electrons. The zero-order valence-corrected chi connectivity index (χ0v) is 24.3. The first-order valence-corrected chi connectivity index (χ1v) is 15.4. The van der Waals surface area contributed by atoms with Crippen molar-refractivity contribution in [1.29, 1.82) is 0 Å². The molecule has 10 rings (SSSR count). The van der Waals surface area contributed by atoms with E-state index in [4.69, 9.17) is 9.15 Å². The van der Waals surface area contributed by atoms with Crippen LogP contribution in [0.15, 0.2) is 162 Å². The zero-order valence-electron chi connectivity index (χ0n) is 24.3. The fourth-order valence-corrected chi connectivity index (χ4v) is 7.86. The van der Waals surface area contributed by atoms with Crippen molar-refractivity contribution in [2.75, 3.05) is 0 Å². The Morgan fingerprint density at radius 2 is 0.956 bits per heavy atom. The van der Waals surface area contributed by atoms with Gasteiger partial charge in [-0.05, 0) is 57.1 Å². The van der Waals surface area contributed by atoms with E-state index >= 15 is 0 Å². The summed E-state index contributed by atoms with van der Waals surface area (Å²) >= 11 is 0. The Balaban J connectivity index is 1.12. The third kappa shape index (κ3) is 3.29. The highest BCUT2D eigenvalue weighted by molar-refractivity contribution is 6.09. The summed E-state index contributed by atoms with van der Waals surface area (Å²) in [4.78, 5) is 0. The minimum atomic E-state index is -0.439. The van der Waals surface area contributed by atoms with Crippen LogP contribution in [0.25, 0.3) is 55.3 Å². The SMILES string of the molecule is c1ccc2c(c1)Oc1cc(-c3ccc(-c4cccc5c4oc4ccccc45)cc3)ccc1C21c2ccccc2-c2ccccc21. The van der Waals surface area contributed by atoms with E-state index in [1.165, 1.54) is 33.4 Å². The Kier molecular flexibility index (Phi) is 4.95. The highest BCUT2D eigenvalue weighted by atomic mass is 16.5. The van der Waals surface area contributed by atoms with Gasteiger partial charge in [0.25, 0.3) is 0 Å². The molecule has 2 nitrogen and oxygen atoms in total. The van der Waals surface area contributed by atoms with Crippen LogP contribution in [-0.2, 0) is 5.41 Å². The molecule has 45 heavy (non-hydrogen) atoms. The Hall–Kier alpha value is -5.86. The van der Waals surface area contributed by atoms with Crippen LogP contribution in [0.4, 0.5) is 0 Å². The molecule has 1 aliphatic heterocycles. The highest BCUT2D eigenvalue weighted by Crippen LogP contribution is 2.62. The predicted molar refractivity (Wildman–Crippen MR) is 182 cm³/mol. The summed E-state index contributed by atoms with van der Waals surface area (Å²) in [5.74, 6) is 1.80. The van der Waals surface area contributed by atoms with Gasteiger partial charge in [0.15, 0.2) is 0 Å². The lowest BCUT2D eigenvalue weighted by atomic mass is 9.66. The van der Waals surface area contributed by atoms with E-state index in [0.717, 1.165) is 55.7 Å². The summed E-state index contributed by atoms with van der Waals surface area (Å²) in [6.45, 7) is 0. The van der Waals surface area contributed by atoms with Gasteiger partial charge in [0.05, 0.1) is 5.41 Å². The second-order valence-electron chi connectivity index (χ2n) is 12.0. The number of fused-ring (bicyclic) bond motifs is 12. The van der Waals surface area contributed by atoms with E-state index in [-0.39, 0.29) is 0 Å². The van der Waals surface area contributed by atoms with Crippen molar-refractivity contribution < 1.29 is 9.15 Å². The molecule has 7 aromatic carbocycles. The minimum absolute atomic E-state index is 0.439. The molecule has 2 heteroatoms. The highest BCUT2D eigenvalue weighted by Gasteiger charge is 2.50. The molecule has 8 aromatic rings. The van der Waals surface area contributed by atoms with Crippen LogP contribution in [0, 0.1) is 0 Å². The summed E-state index contributed by atoms with van der Waals surface area (Å²) in [5.41, 5.74) is 13.4. The first-order chi connectivity index (χ1) is 22.3. The first-order valence-electron chi connectivity index (χ1n) is 15.4. The van der Waals surface area contributed by atoms with E-state index in [1.807, 2.05) is 12.1 Å². The molecular weight excluding hydrogens is 548 g/mol. The predicted octanol–water partition coefficient (Wildman–Crippen LogP) is 11.4. The lowest BCUT2D eigenvalue weighted by Crippen LogP contribution is -2.32. The lowest BCUT2D eigenvalue weighted by Gasteiger charge is -2.39. The normalized spacial score (nSPS) is 13.7. The molecule has 210 valence electrons. The van der Waals surface area contributed by atoms with Gasteiger partial charge in [0.1, 0.15) is 22.7 Å². The van der Waals surface area contributed by atoms with Crippen molar-refractivity contribution in [3.05, 3.63) is 180 Å².